The fourth-order valence-electron chi connectivity index (χ4n) is 4.87. The average Bonchev–Trinajstić information content (AvgIpc) is 3.44. The number of amides is 1. The quantitative estimate of drug-likeness (QED) is 0.707. The molecule has 4 heterocycles. The average molecular weight is 401 g/mol. The number of hydrogen-bond donors (Lipinski definition) is 0. The molecule has 0 aromatic carbocycles. The van der Waals surface area contributed by atoms with E-state index in [0.717, 1.165) is 38.3 Å². The van der Waals surface area contributed by atoms with Crippen LogP contribution in [0.2, 0.25) is 0 Å². The van der Waals surface area contributed by atoms with Gasteiger partial charge in [0.05, 0.1) is 30.2 Å². The van der Waals surface area contributed by atoms with Gasteiger partial charge in [0, 0.05) is 76.8 Å². The van der Waals surface area contributed by atoms with Crippen LogP contribution in [0.1, 0.15) is 43.5 Å². The van der Waals surface area contributed by atoms with Crippen molar-refractivity contribution in [2.75, 3.05) is 39.9 Å². The summed E-state index contributed by atoms with van der Waals surface area (Å²) < 4.78 is 9.18. The molecule has 29 heavy (non-hydrogen) atoms. The maximum Gasteiger partial charge on any atom is 0.230 e. The largest absolute Gasteiger partial charge is 0.383 e. The first-order chi connectivity index (χ1) is 13.9. The summed E-state index contributed by atoms with van der Waals surface area (Å²) in [5.74, 6) is 0.367. The van der Waals surface area contributed by atoms with E-state index in [1.165, 1.54) is 5.56 Å². The number of aryl methyl sites for hydroxylation is 1. The maximum atomic E-state index is 13.6. The number of rotatable bonds is 7. The third-order valence-corrected chi connectivity index (χ3v) is 6.46. The summed E-state index contributed by atoms with van der Waals surface area (Å²) in [7, 11) is 3.62. The molecule has 0 saturated carbocycles. The Morgan fingerprint density at radius 3 is 2.83 bits per heavy atom. The molecule has 1 spiro atoms. The third kappa shape index (κ3) is 3.71. The van der Waals surface area contributed by atoms with Gasteiger partial charge in [-0.25, -0.2) is 4.98 Å². The van der Waals surface area contributed by atoms with Crippen molar-refractivity contribution in [1.82, 2.24) is 29.1 Å². The highest BCUT2D eigenvalue weighted by Gasteiger charge is 2.57. The lowest BCUT2D eigenvalue weighted by atomic mass is 9.75. The summed E-state index contributed by atoms with van der Waals surface area (Å²) in [6.07, 6.45) is 8.87. The molecule has 1 amide bonds. The van der Waals surface area contributed by atoms with Gasteiger partial charge in [-0.15, -0.1) is 0 Å². The minimum atomic E-state index is -0.397. The zero-order valence-corrected chi connectivity index (χ0v) is 17.9. The molecule has 2 aliphatic rings. The molecule has 2 saturated heterocycles. The first-order valence-electron chi connectivity index (χ1n) is 10.4. The molecule has 2 aromatic heterocycles. The number of imidazole rings is 1. The number of aromatic nitrogens is 4. The Kier molecular flexibility index (Phi) is 5.48. The number of hydrogen-bond acceptors (Lipinski definition) is 5. The van der Waals surface area contributed by atoms with Crippen LogP contribution in [-0.2, 0) is 23.1 Å². The van der Waals surface area contributed by atoms with Gasteiger partial charge < -0.3 is 14.2 Å². The van der Waals surface area contributed by atoms with Crippen LogP contribution in [0.5, 0.6) is 0 Å². The lowest BCUT2D eigenvalue weighted by molar-refractivity contribution is -0.136. The molecule has 158 valence electrons. The molecule has 2 aliphatic heterocycles. The molecule has 8 heteroatoms. The zero-order valence-electron chi connectivity index (χ0n) is 17.9. The first kappa shape index (κ1) is 20.1. The van der Waals surface area contributed by atoms with Gasteiger partial charge in [0.1, 0.15) is 0 Å². The maximum absolute atomic E-state index is 13.6. The van der Waals surface area contributed by atoms with E-state index >= 15 is 0 Å². The van der Waals surface area contributed by atoms with Gasteiger partial charge in [-0.3, -0.25) is 14.4 Å². The van der Waals surface area contributed by atoms with Gasteiger partial charge in [0.25, 0.3) is 0 Å². The second-order valence-electron chi connectivity index (χ2n) is 8.78. The highest BCUT2D eigenvalue weighted by atomic mass is 16.5. The SMILES string of the molecule is COCCN1CC[C@@]2(CN(Cc3cnn(C)c3)C[C@@H]2c2cn(C(C)C)cn2)C1=O. The number of likely N-dealkylation sites (tertiary alicyclic amines) is 2. The lowest BCUT2D eigenvalue weighted by Crippen LogP contribution is -2.40. The van der Waals surface area contributed by atoms with Crippen molar-refractivity contribution in [2.24, 2.45) is 12.5 Å². The van der Waals surface area contributed by atoms with Gasteiger partial charge in [-0.05, 0) is 20.3 Å². The number of carbonyl (C=O) groups excluding carboxylic acids is 1. The minimum Gasteiger partial charge on any atom is -0.383 e. The predicted molar refractivity (Wildman–Crippen MR) is 109 cm³/mol. The summed E-state index contributed by atoms with van der Waals surface area (Å²) in [5.41, 5.74) is 1.82. The highest BCUT2D eigenvalue weighted by Crippen LogP contribution is 2.49. The first-order valence-corrected chi connectivity index (χ1v) is 10.4. The fraction of sp³-hybridized carbons (Fsp3) is 0.667. The van der Waals surface area contributed by atoms with Crippen molar-refractivity contribution in [3.63, 3.8) is 0 Å². The van der Waals surface area contributed by atoms with Crippen molar-refractivity contribution in [1.29, 1.82) is 0 Å². The number of nitrogens with zero attached hydrogens (tertiary/aromatic N) is 6. The molecule has 0 aliphatic carbocycles. The predicted octanol–water partition coefficient (Wildman–Crippen LogP) is 1.66. The summed E-state index contributed by atoms with van der Waals surface area (Å²) >= 11 is 0. The van der Waals surface area contributed by atoms with E-state index in [0.29, 0.717) is 19.2 Å². The summed E-state index contributed by atoms with van der Waals surface area (Å²) in [4.78, 5) is 22.7. The molecule has 0 radical (unpaired) electrons. The molecule has 0 unspecified atom stereocenters. The zero-order chi connectivity index (χ0) is 20.6. The summed E-state index contributed by atoms with van der Waals surface area (Å²) in [5, 5.41) is 4.29. The molecule has 2 aromatic rings. The minimum absolute atomic E-state index is 0.110. The topological polar surface area (TPSA) is 68.4 Å². The van der Waals surface area contributed by atoms with Gasteiger partial charge in [0.15, 0.2) is 0 Å². The Hall–Kier alpha value is -2.19. The Bertz CT molecular complexity index is 859. The number of ether oxygens (including phenoxy) is 1. The van der Waals surface area contributed by atoms with E-state index < -0.39 is 5.41 Å². The van der Waals surface area contributed by atoms with Crippen molar-refractivity contribution in [3.05, 3.63) is 36.2 Å². The Labute approximate surface area is 172 Å². The molecule has 2 atom stereocenters. The third-order valence-electron chi connectivity index (χ3n) is 6.46. The number of methoxy groups -OCH3 is 1. The van der Waals surface area contributed by atoms with Crippen LogP contribution in [0.4, 0.5) is 0 Å². The molecule has 2 fully saturated rings. The van der Waals surface area contributed by atoms with Crippen LogP contribution in [0.3, 0.4) is 0 Å². The fourth-order valence-corrected chi connectivity index (χ4v) is 4.87. The molecule has 4 rings (SSSR count). The van der Waals surface area contributed by atoms with E-state index in [2.05, 4.69) is 40.8 Å². The summed E-state index contributed by atoms with van der Waals surface area (Å²) in [6.45, 7) is 8.75. The Morgan fingerprint density at radius 1 is 1.34 bits per heavy atom. The van der Waals surface area contributed by atoms with E-state index in [1.54, 1.807) is 7.11 Å². The van der Waals surface area contributed by atoms with Crippen LogP contribution in [0.25, 0.3) is 0 Å². The summed E-state index contributed by atoms with van der Waals surface area (Å²) in [6, 6.07) is 0.359. The normalized spacial score (nSPS) is 25.2. The Morgan fingerprint density at radius 2 is 2.17 bits per heavy atom. The molecular formula is C21H32N6O2. The van der Waals surface area contributed by atoms with E-state index in [1.807, 2.05) is 29.2 Å². The second-order valence-corrected chi connectivity index (χ2v) is 8.78. The van der Waals surface area contributed by atoms with E-state index in [4.69, 9.17) is 9.72 Å². The van der Waals surface area contributed by atoms with Crippen molar-refractivity contribution in [2.45, 2.75) is 38.8 Å². The molecule has 8 nitrogen and oxygen atoms in total. The lowest BCUT2D eigenvalue weighted by Gasteiger charge is -2.28. The molecular weight excluding hydrogens is 368 g/mol. The van der Waals surface area contributed by atoms with Gasteiger partial charge in [-0.1, -0.05) is 0 Å². The van der Waals surface area contributed by atoms with Crippen molar-refractivity contribution < 1.29 is 9.53 Å². The molecule has 0 bridgehead atoms. The standard InChI is InChI=1S/C21H32N6O2/c1-16(2)27-13-19(22-15-27)18-12-25(11-17-9-23-24(3)10-17)14-21(18)5-6-26(20(21)28)7-8-29-4/h9-10,13,15-16,18H,5-8,11-12,14H2,1-4H3/t18-,21+/m1/s1. The van der Waals surface area contributed by atoms with Crippen LogP contribution in [-0.4, -0.2) is 74.9 Å². The van der Waals surface area contributed by atoms with Gasteiger partial charge in [0.2, 0.25) is 5.91 Å². The second kappa shape index (κ2) is 7.91. The van der Waals surface area contributed by atoms with Crippen LogP contribution < -0.4 is 0 Å². The van der Waals surface area contributed by atoms with Crippen LogP contribution >= 0.6 is 0 Å². The van der Waals surface area contributed by atoms with Gasteiger partial charge >= 0.3 is 0 Å². The molecule has 0 N–H and O–H groups in total. The van der Waals surface area contributed by atoms with Crippen LogP contribution in [0.15, 0.2) is 24.9 Å². The van der Waals surface area contributed by atoms with E-state index in [-0.39, 0.29) is 11.8 Å². The van der Waals surface area contributed by atoms with Crippen LogP contribution in [0, 0.1) is 5.41 Å². The van der Waals surface area contributed by atoms with Crippen molar-refractivity contribution in [3.8, 4) is 0 Å². The number of carbonyl (C=O) groups is 1. The smallest absolute Gasteiger partial charge is 0.230 e. The van der Waals surface area contributed by atoms with Crippen molar-refractivity contribution >= 4 is 5.91 Å². The van der Waals surface area contributed by atoms with Gasteiger partial charge in [-0.2, -0.15) is 5.10 Å². The van der Waals surface area contributed by atoms with E-state index in [9.17, 15) is 4.79 Å². The monoisotopic (exact) mass is 400 g/mol. The highest BCUT2D eigenvalue weighted by molar-refractivity contribution is 5.86. The Balaban J connectivity index is 1.61.